The Hall–Kier alpha value is -1.60. The van der Waals surface area contributed by atoms with E-state index in [9.17, 15) is 13.2 Å². The van der Waals surface area contributed by atoms with Crippen LogP contribution in [0.25, 0.3) is 0 Å². The molecule has 0 bridgehead atoms. The summed E-state index contributed by atoms with van der Waals surface area (Å²) in [5, 5.41) is 6.30. The predicted molar refractivity (Wildman–Crippen MR) is 96.3 cm³/mol. The molecule has 0 aliphatic carbocycles. The average molecular weight is 353 g/mol. The fourth-order valence-electron chi connectivity index (χ4n) is 3.06. The molecule has 1 atom stereocenters. The largest absolute Gasteiger partial charge is 0.350 e. The number of piperidine rings is 1. The van der Waals surface area contributed by atoms with Crippen molar-refractivity contribution in [3.05, 3.63) is 29.8 Å². The Morgan fingerprint density at radius 2 is 1.96 bits per heavy atom. The third kappa shape index (κ3) is 6.13. The van der Waals surface area contributed by atoms with Gasteiger partial charge in [0.15, 0.2) is 0 Å². The summed E-state index contributed by atoms with van der Waals surface area (Å²) in [6.45, 7) is 3.94. The van der Waals surface area contributed by atoms with Crippen LogP contribution in [0.5, 0.6) is 0 Å². The molecule has 1 aliphatic rings. The SMILES string of the molecule is CC(NC(=O)CCC1CCNCC1)c1ccccc1NS(C)(=O)=O. The number of amides is 1. The van der Waals surface area contributed by atoms with E-state index in [0.717, 1.165) is 44.2 Å². The summed E-state index contributed by atoms with van der Waals surface area (Å²) in [6.07, 6.45) is 4.79. The molecule has 0 radical (unpaired) electrons. The summed E-state index contributed by atoms with van der Waals surface area (Å²) >= 11 is 0. The maximum atomic E-state index is 12.2. The number of carbonyl (C=O) groups is 1. The van der Waals surface area contributed by atoms with Crippen LogP contribution in [-0.4, -0.2) is 33.7 Å². The molecule has 1 aromatic rings. The Bertz CT molecular complexity index is 655. The van der Waals surface area contributed by atoms with Gasteiger partial charge >= 0.3 is 0 Å². The monoisotopic (exact) mass is 353 g/mol. The molecule has 6 nitrogen and oxygen atoms in total. The van der Waals surface area contributed by atoms with E-state index in [1.165, 1.54) is 0 Å². The van der Waals surface area contributed by atoms with Crippen LogP contribution in [0.4, 0.5) is 5.69 Å². The molecule has 1 fully saturated rings. The summed E-state index contributed by atoms with van der Waals surface area (Å²) in [6, 6.07) is 6.87. The van der Waals surface area contributed by atoms with Crippen LogP contribution in [0, 0.1) is 5.92 Å². The van der Waals surface area contributed by atoms with Gasteiger partial charge in [0.1, 0.15) is 0 Å². The molecule has 24 heavy (non-hydrogen) atoms. The fourth-order valence-corrected chi connectivity index (χ4v) is 3.65. The molecule has 1 amide bonds. The number of para-hydroxylation sites is 1. The van der Waals surface area contributed by atoms with Crippen molar-refractivity contribution >= 4 is 21.6 Å². The number of benzene rings is 1. The topological polar surface area (TPSA) is 87.3 Å². The third-order valence-electron chi connectivity index (χ3n) is 4.34. The number of anilines is 1. The number of carbonyl (C=O) groups excluding carboxylic acids is 1. The highest BCUT2D eigenvalue weighted by atomic mass is 32.2. The highest BCUT2D eigenvalue weighted by Gasteiger charge is 2.17. The van der Waals surface area contributed by atoms with Crippen LogP contribution in [0.1, 0.15) is 44.2 Å². The van der Waals surface area contributed by atoms with E-state index in [1.54, 1.807) is 12.1 Å². The number of nitrogens with one attached hydrogen (secondary N) is 3. The standard InChI is InChI=1S/C17H27N3O3S/c1-13(15-5-3-4-6-16(15)20-24(2,22)23)19-17(21)8-7-14-9-11-18-12-10-14/h3-6,13-14,18,20H,7-12H2,1-2H3,(H,19,21). The van der Waals surface area contributed by atoms with E-state index in [4.69, 9.17) is 0 Å². The van der Waals surface area contributed by atoms with Crippen molar-refractivity contribution in [3.63, 3.8) is 0 Å². The Balaban J connectivity index is 1.91. The van der Waals surface area contributed by atoms with Crippen molar-refractivity contribution in [1.82, 2.24) is 10.6 Å². The summed E-state index contributed by atoms with van der Waals surface area (Å²) < 4.78 is 25.4. The van der Waals surface area contributed by atoms with E-state index in [1.807, 2.05) is 19.1 Å². The fraction of sp³-hybridized carbons (Fsp3) is 0.588. The van der Waals surface area contributed by atoms with E-state index in [2.05, 4.69) is 15.4 Å². The van der Waals surface area contributed by atoms with Crippen molar-refractivity contribution in [2.45, 2.75) is 38.6 Å². The van der Waals surface area contributed by atoms with E-state index in [-0.39, 0.29) is 11.9 Å². The average Bonchev–Trinajstić information content (AvgIpc) is 2.53. The van der Waals surface area contributed by atoms with Crippen molar-refractivity contribution in [1.29, 1.82) is 0 Å². The van der Waals surface area contributed by atoms with Gasteiger partial charge < -0.3 is 10.6 Å². The Morgan fingerprint density at radius 3 is 2.62 bits per heavy atom. The molecular formula is C17H27N3O3S. The molecule has 3 N–H and O–H groups in total. The number of hydrogen-bond donors (Lipinski definition) is 3. The summed E-state index contributed by atoms with van der Waals surface area (Å²) in [5.41, 5.74) is 1.27. The zero-order valence-electron chi connectivity index (χ0n) is 14.3. The van der Waals surface area contributed by atoms with Gasteiger partial charge in [0.25, 0.3) is 0 Å². The Kier molecular flexibility index (Phi) is 6.62. The first-order chi connectivity index (χ1) is 11.3. The predicted octanol–water partition coefficient (Wildman–Crippen LogP) is 2.02. The normalized spacial score (nSPS) is 17.2. The van der Waals surface area contributed by atoms with E-state index >= 15 is 0 Å². The maximum Gasteiger partial charge on any atom is 0.229 e. The first-order valence-electron chi connectivity index (χ1n) is 8.42. The molecule has 0 saturated carbocycles. The van der Waals surface area contributed by atoms with Gasteiger partial charge in [-0.1, -0.05) is 18.2 Å². The van der Waals surface area contributed by atoms with Crippen LogP contribution in [0.15, 0.2) is 24.3 Å². The van der Waals surface area contributed by atoms with Crippen LogP contribution >= 0.6 is 0 Å². The molecule has 1 unspecified atom stereocenters. The lowest BCUT2D eigenvalue weighted by molar-refractivity contribution is -0.122. The van der Waals surface area contributed by atoms with Gasteiger partial charge in [-0.2, -0.15) is 0 Å². The van der Waals surface area contributed by atoms with Crippen molar-refractivity contribution in [2.75, 3.05) is 24.1 Å². The van der Waals surface area contributed by atoms with Crippen LogP contribution in [-0.2, 0) is 14.8 Å². The van der Waals surface area contributed by atoms with Gasteiger partial charge in [0.05, 0.1) is 18.0 Å². The highest BCUT2D eigenvalue weighted by molar-refractivity contribution is 7.92. The van der Waals surface area contributed by atoms with Crippen molar-refractivity contribution < 1.29 is 13.2 Å². The van der Waals surface area contributed by atoms with Crippen molar-refractivity contribution in [3.8, 4) is 0 Å². The molecule has 1 aliphatic heterocycles. The molecule has 134 valence electrons. The first-order valence-corrected chi connectivity index (χ1v) is 10.3. The summed E-state index contributed by atoms with van der Waals surface area (Å²) in [7, 11) is -3.36. The number of rotatable bonds is 7. The zero-order chi connectivity index (χ0) is 17.6. The van der Waals surface area contributed by atoms with Gasteiger partial charge in [0.2, 0.25) is 15.9 Å². The molecule has 1 saturated heterocycles. The second-order valence-electron chi connectivity index (χ2n) is 6.48. The van der Waals surface area contributed by atoms with Gasteiger partial charge in [-0.05, 0) is 56.8 Å². The van der Waals surface area contributed by atoms with Gasteiger partial charge in [-0.3, -0.25) is 9.52 Å². The van der Waals surface area contributed by atoms with E-state index in [0.29, 0.717) is 18.0 Å². The number of hydrogen-bond acceptors (Lipinski definition) is 4. The summed E-state index contributed by atoms with van der Waals surface area (Å²) in [4.78, 5) is 12.2. The Labute approximate surface area is 144 Å². The first kappa shape index (κ1) is 18.7. The third-order valence-corrected chi connectivity index (χ3v) is 4.93. The molecular weight excluding hydrogens is 326 g/mol. The van der Waals surface area contributed by atoms with Crippen molar-refractivity contribution in [2.24, 2.45) is 5.92 Å². The second kappa shape index (κ2) is 8.48. The quantitative estimate of drug-likeness (QED) is 0.700. The Morgan fingerprint density at radius 1 is 1.29 bits per heavy atom. The highest BCUT2D eigenvalue weighted by Crippen LogP contribution is 2.24. The van der Waals surface area contributed by atoms with Gasteiger partial charge in [-0.25, -0.2) is 8.42 Å². The minimum Gasteiger partial charge on any atom is -0.350 e. The van der Waals surface area contributed by atoms with Crippen LogP contribution in [0.3, 0.4) is 0 Å². The molecule has 7 heteroatoms. The minimum absolute atomic E-state index is 0.00944. The minimum atomic E-state index is -3.36. The molecule has 1 aromatic carbocycles. The molecule has 0 spiro atoms. The molecule has 1 heterocycles. The lowest BCUT2D eigenvalue weighted by Crippen LogP contribution is -2.30. The summed E-state index contributed by atoms with van der Waals surface area (Å²) in [5.74, 6) is 0.627. The van der Waals surface area contributed by atoms with Crippen LogP contribution in [0.2, 0.25) is 0 Å². The molecule has 0 aromatic heterocycles. The lowest BCUT2D eigenvalue weighted by atomic mass is 9.93. The smallest absolute Gasteiger partial charge is 0.229 e. The van der Waals surface area contributed by atoms with Crippen LogP contribution < -0.4 is 15.4 Å². The zero-order valence-corrected chi connectivity index (χ0v) is 15.2. The van der Waals surface area contributed by atoms with Gasteiger partial charge in [-0.15, -0.1) is 0 Å². The lowest BCUT2D eigenvalue weighted by Gasteiger charge is -2.23. The number of sulfonamides is 1. The van der Waals surface area contributed by atoms with Gasteiger partial charge in [0, 0.05) is 6.42 Å². The maximum absolute atomic E-state index is 12.2. The van der Waals surface area contributed by atoms with E-state index < -0.39 is 10.0 Å². The molecule has 2 rings (SSSR count). The second-order valence-corrected chi connectivity index (χ2v) is 8.23.